The molecule has 1 aliphatic carbocycles. The van der Waals surface area contributed by atoms with Crippen LogP contribution in [-0.2, 0) is 15.8 Å². The number of benzene rings is 1. The van der Waals surface area contributed by atoms with E-state index in [1.54, 1.807) is 4.90 Å². The second-order valence-corrected chi connectivity index (χ2v) is 6.99. The highest BCUT2D eigenvalue weighted by Gasteiger charge is 2.36. The summed E-state index contributed by atoms with van der Waals surface area (Å²) in [5.41, 5.74) is -1.40. The van der Waals surface area contributed by atoms with Crippen molar-refractivity contribution in [2.24, 2.45) is 5.92 Å². The van der Waals surface area contributed by atoms with Gasteiger partial charge in [-0.1, -0.05) is 17.7 Å². The number of amides is 2. The number of hydrogen-bond donors (Lipinski definition) is 1. The molecule has 2 amide bonds. The Hall–Kier alpha value is -1.80. The van der Waals surface area contributed by atoms with Gasteiger partial charge in [0.1, 0.15) is 0 Å². The Morgan fingerprint density at radius 1 is 1.15 bits per heavy atom. The standard InChI is InChI=1S/C17H19ClF3N3O2/c18-13-3-1-2-12(17(19,20)21)15(13)22-14(25)10-23-6-8-24(9-7-23)16(26)11-4-5-11/h1-3,11H,4-10H2,(H,22,25). The van der Waals surface area contributed by atoms with Crippen molar-refractivity contribution in [1.82, 2.24) is 9.80 Å². The highest BCUT2D eigenvalue weighted by atomic mass is 35.5. The maximum atomic E-state index is 13.1. The second-order valence-electron chi connectivity index (χ2n) is 6.58. The number of carbonyl (C=O) groups excluding carboxylic acids is 2. The van der Waals surface area contributed by atoms with Gasteiger partial charge in [-0.25, -0.2) is 0 Å². The summed E-state index contributed by atoms with van der Waals surface area (Å²) in [6.07, 6.45) is -2.72. The first-order chi connectivity index (χ1) is 12.3. The number of para-hydroxylation sites is 1. The van der Waals surface area contributed by atoms with Gasteiger partial charge in [-0.3, -0.25) is 14.5 Å². The Morgan fingerprint density at radius 2 is 1.81 bits per heavy atom. The van der Waals surface area contributed by atoms with Gasteiger partial charge in [0, 0.05) is 32.1 Å². The molecule has 1 saturated heterocycles. The van der Waals surface area contributed by atoms with Gasteiger partial charge < -0.3 is 10.2 Å². The van der Waals surface area contributed by atoms with Crippen LogP contribution < -0.4 is 5.32 Å². The van der Waals surface area contributed by atoms with Gasteiger partial charge in [-0.05, 0) is 25.0 Å². The van der Waals surface area contributed by atoms with E-state index in [2.05, 4.69) is 5.32 Å². The van der Waals surface area contributed by atoms with Gasteiger partial charge in [-0.15, -0.1) is 0 Å². The van der Waals surface area contributed by atoms with Crippen LogP contribution in [0.2, 0.25) is 5.02 Å². The number of halogens is 4. The third kappa shape index (κ3) is 4.48. The summed E-state index contributed by atoms with van der Waals surface area (Å²) in [6.45, 7) is 2.04. The van der Waals surface area contributed by atoms with Gasteiger partial charge in [0.15, 0.2) is 0 Å². The number of piperazine rings is 1. The third-order valence-corrected chi connectivity index (χ3v) is 4.88. The van der Waals surface area contributed by atoms with E-state index in [1.165, 1.54) is 12.1 Å². The van der Waals surface area contributed by atoms with Gasteiger partial charge in [0.05, 0.1) is 22.8 Å². The molecule has 1 heterocycles. The number of nitrogens with one attached hydrogen (secondary N) is 1. The number of carbonyl (C=O) groups is 2. The monoisotopic (exact) mass is 389 g/mol. The average molecular weight is 390 g/mol. The molecule has 1 aliphatic heterocycles. The summed E-state index contributed by atoms with van der Waals surface area (Å²) in [7, 11) is 0. The second kappa shape index (κ2) is 7.44. The average Bonchev–Trinajstić information content (AvgIpc) is 3.40. The van der Waals surface area contributed by atoms with Crippen LogP contribution in [0.5, 0.6) is 0 Å². The summed E-state index contributed by atoms with van der Waals surface area (Å²) in [5.74, 6) is -0.239. The van der Waals surface area contributed by atoms with Crippen LogP contribution in [0.25, 0.3) is 0 Å². The predicted molar refractivity (Wildman–Crippen MR) is 90.8 cm³/mol. The smallest absolute Gasteiger partial charge is 0.340 e. The highest BCUT2D eigenvalue weighted by molar-refractivity contribution is 6.34. The van der Waals surface area contributed by atoms with Gasteiger partial charge >= 0.3 is 6.18 Å². The summed E-state index contributed by atoms with van der Waals surface area (Å²) >= 11 is 5.84. The molecular formula is C17H19ClF3N3O2. The van der Waals surface area contributed by atoms with E-state index in [4.69, 9.17) is 11.6 Å². The Balaban J connectivity index is 1.56. The fraction of sp³-hybridized carbons (Fsp3) is 0.529. The van der Waals surface area contributed by atoms with E-state index in [9.17, 15) is 22.8 Å². The summed E-state index contributed by atoms with van der Waals surface area (Å²) < 4.78 is 39.2. The Kier molecular flexibility index (Phi) is 5.43. The maximum absolute atomic E-state index is 13.1. The molecule has 5 nitrogen and oxygen atoms in total. The number of alkyl halides is 3. The first-order valence-electron chi connectivity index (χ1n) is 8.42. The van der Waals surface area contributed by atoms with E-state index in [1.807, 2.05) is 4.90 Å². The van der Waals surface area contributed by atoms with Crippen LogP contribution in [0.1, 0.15) is 18.4 Å². The summed E-state index contributed by atoms with van der Waals surface area (Å²) in [6, 6.07) is 3.37. The molecule has 2 fully saturated rings. The first-order valence-corrected chi connectivity index (χ1v) is 8.80. The van der Waals surface area contributed by atoms with Crippen molar-refractivity contribution in [2.75, 3.05) is 38.0 Å². The van der Waals surface area contributed by atoms with E-state index in [0.29, 0.717) is 26.2 Å². The third-order valence-electron chi connectivity index (χ3n) is 4.56. The molecule has 0 bridgehead atoms. The van der Waals surface area contributed by atoms with Crippen LogP contribution >= 0.6 is 11.6 Å². The Morgan fingerprint density at radius 3 is 2.38 bits per heavy atom. The van der Waals surface area contributed by atoms with Crippen molar-refractivity contribution in [1.29, 1.82) is 0 Å². The minimum Gasteiger partial charge on any atom is -0.340 e. The van der Waals surface area contributed by atoms with Gasteiger partial charge in [0.25, 0.3) is 0 Å². The van der Waals surface area contributed by atoms with Crippen LogP contribution in [0, 0.1) is 5.92 Å². The lowest BCUT2D eigenvalue weighted by Crippen LogP contribution is -2.50. The molecule has 0 spiro atoms. The molecule has 142 valence electrons. The number of nitrogens with zero attached hydrogens (tertiary/aromatic N) is 2. The largest absolute Gasteiger partial charge is 0.418 e. The van der Waals surface area contributed by atoms with Crippen molar-refractivity contribution in [3.63, 3.8) is 0 Å². The molecule has 9 heteroatoms. The number of hydrogen-bond acceptors (Lipinski definition) is 3. The minimum absolute atomic E-state index is 0.0476. The molecule has 0 atom stereocenters. The maximum Gasteiger partial charge on any atom is 0.418 e. The summed E-state index contributed by atoms with van der Waals surface area (Å²) in [5, 5.41) is 2.12. The number of rotatable bonds is 4. The zero-order valence-corrected chi connectivity index (χ0v) is 14.7. The van der Waals surface area contributed by atoms with Crippen LogP contribution in [0.3, 0.4) is 0 Å². The van der Waals surface area contributed by atoms with E-state index < -0.39 is 23.3 Å². The van der Waals surface area contributed by atoms with Crippen molar-refractivity contribution in [2.45, 2.75) is 19.0 Å². The lowest BCUT2D eigenvalue weighted by atomic mass is 10.1. The number of anilines is 1. The summed E-state index contributed by atoms with van der Waals surface area (Å²) in [4.78, 5) is 27.8. The van der Waals surface area contributed by atoms with Crippen molar-refractivity contribution >= 4 is 29.1 Å². The Bertz CT molecular complexity index is 699. The topological polar surface area (TPSA) is 52.7 Å². The molecule has 1 N–H and O–H groups in total. The molecular weight excluding hydrogens is 371 g/mol. The molecule has 2 aliphatic rings. The van der Waals surface area contributed by atoms with Gasteiger partial charge in [-0.2, -0.15) is 13.2 Å². The molecule has 26 heavy (non-hydrogen) atoms. The molecule has 1 aromatic carbocycles. The van der Waals surface area contributed by atoms with E-state index in [0.717, 1.165) is 18.9 Å². The predicted octanol–water partition coefficient (Wildman–Crippen LogP) is 2.85. The molecule has 0 aromatic heterocycles. The lowest BCUT2D eigenvalue weighted by molar-refractivity contribution is -0.137. The molecule has 0 unspecified atom stereocenters. The zero-order valence-electron chi connectivity index (χ0n) is 14.0. The molecule has 1 saturated carbocycles. The van der Waals surface area contributed by atoms with Crippen molar-refractivity contribution in [3.8, 4) is 0 Å². The molecule has 1 aromatic rings. The SMILES string of the molecule is O=C(CN1CCN(C(=O)C2CC2)CC1)Nc1c(Cl)cccc1C(F)(F)F. The van der Waals surface area contributed by atoms with Crippen LogP contribution in [0.4, 0.5) is 18.9 Å². The molecule has 0 radical (unpaired) electrons. The van der Waals surface area contributed by atoms with E-state index >= 15 is 0 Å². The van der Waals surface area contributed by atoms with Crippen molar-refractivity contribution < 1.29 is 22.8 Å². The van der Waals surface area contributed by atoms with Crippen LogP contribution in [0.15, 0.2) is 18.2 Å². The molecule has 3 rings (SSSR count). The normalized spacial score (nSPS) is 18.7. The lowest BCUT2D eigenvalue weighted by Gasteiger charge is -2.34. The quantitative estimate of drug-likeness (QED) is 0.861. The van der Waals surface area contributed by atoms with E-state index in [-0.39, 0.29) is 23.4 Å². The highest BCUT2D eigenvalue weighted by Crippen LogP contribution is 2.38. The first kappa shape index (κ1) is 19.0. The van der Waals surface area contributed by atoms with Gasteiger partial charge in [0.2, 0.25) is 11.8 Å². The fourth-order valence-electron chi connectivity index (χ4n) is 2.98. The Labute approximate surface area is 154 Å². The fourth-order valence-corrected chi connectivity index (χ4v) is 3.21. The van der Waals surface area contributed by atoms with Crippen LogP contribution in [-0.4, -0.2) is 54.3 Å². The van der Waals surface area contributed by atoms with Crippen molar-refractivity contribution in [3.05, 3.63) is 28.8 Å². The minimum atomic E-state index is -4.61. The zero-order chi connectivity index (χ0) is 18.9.